The summed E-state index contributed by atoms with van der Waals surface area (Å²) < 4.78 is 1.64. The second kappa shape index (κ2) is 4.90. The second-order valence-electron chi connectivity index (χ2n) is 4.29. The number of amides is 1. The molecule has 1 N–H and O–H groups in total. The number of aromatic nitrogens is 1. The molecule has 0 aliphatic rings. The number of carbonyl (C=O) groups is 1. The number of rotatable bonds is 2. The van der Waals surface area contributed by atoms with E-state index < -0.39 is 0 Å². The summed E-state index contributed by atoms with van der Waals surface area (Å²) in [6, 6.07) is 19.3. The van der Waals surface area contributed by atoms with E-state index in [4.69, 9.17) is 0 Å². The van der Waals surface area contributed by atoms with Gasteiger partial charge in [0.15, 0.2) is 12.4 Å². The van der Waals surface area contributed by atoms with Crippen LogP contribution in [0.5, 0.6) is 0 Å². The lowest BCUT2D eigenvalue weighted by Crippen LogP contribution is -2.47. The molecular weight excluding hydrogens is 236 g/mol. The average molecular weight is 249 g/mol. The molecule has 3 aromatic rings. The predicted octanol–water partition coefficient (Wildman–Crippen LogP) is 2.51. The number of nitrogens with one attached hydrogen (secondary N) is 1. The third kappa shape index (κ3) is 2.45. The molecular formula is C16H13N2O+. The molecule has 0 saturated carbocycles. The van der Waals surface area contributed by atoms with Crippen molar-refractivity contribution in [2.24, 2.45) is 0 Å². The highest BCUT2D eigenvalue weighted by Gasteiger charge is 2.10. The van der Waals surface area contributed by atoms with Gasteiger partial charge in [0.25, 0.3) is 0 Å². The Bertz CT molecular complexity index is 723. The Morgan fingerprint density at radius 3 is 2.37 bits per heavy atom. The summed E-state index contributed by atoms with van der Waals surface area (Å²) in [5.74, 6) is -0.123. The molecule has 1 heterocycles. The summed E-state index contributed by atoms with van der Waals surface area (Å²) in [6.07, 6.45) is 3.58. The lowest BCUT2D eigenvalue weighted by molar-refractivity contribution is -0.641. The van der Waals surface area contributed by atoms with Crippen molar-refractivity contribution in [3.05, 3.63) is 78.6 Å². The minimum Gasteiger partial charge on any atom is -0.264 e. The first-order valence-corrected chi connectivity index (χ1v) is 6.09. The average Bonchev–Trinajstić information content (AvgIpc) is 2.48. The predicted molar refractivity (Wildman–Crippen MR) is 74.3 cm³/mol. The van der Waals surface area contributed by atoms with E-state index in [1.165, 1.54) is 0 Å². The molecule has 0 unspecified atom stereocenters. The SMILES string of the molecule is O=C(N[n+]1ccccc1)c1ccc2ccccc2c1. The van der Waals surface area contributed by atoms with E-state index in [2.05, 4.69) is 5.43 Å². The Hall–Kier alpha value is -2.68. The molecule has 1 amide bonds. The maximum absolute atomic E-state index is 12.1. The van der Waals surface area contributed by atoms with Gasteiger partial charge >= 0.3 is 5.91 Å². The number of fused-ring (bicyclic) bond motifs is 1. The van der Waals surface area contributed by atoms with Crippen LogP contribution in [0.25, 0.3) is 10.8 Å². The van der Waals surface area contributed by atoms with Crippen molar-refractivity contribution in [1.82, 2.24) is 0 Å². The van der Waals surface area contributed by atoms with Crippen LogP contribution >= 0.6 is 0 Å². The summed E-state index contributed by atoms with van der Waals surface area (Å²) in [5, 5.41) is 2.19. The molecule has 19 heavy (non-hydrogen) atoms. The number of hydrogen-bond donors (Lipinski definition) is 1. The number of carbonyl (C=O) groups excluding carboxylic acids is 1. The van der Waals surface area contributed by atoms with E-state index in [0.29, 0.717) is 5.56 Å². The van der Waals surface area contributed by atoms with Crippen LogP contribution in [0, 0.1) is 0 Å². The van der Waals surface area contributed by atoms with Gasteiger partial charge in [-0.3, -0.25) is 4.79 Å². The van der Waals surface area contributed by atoms with Crippen molar-refractivity contribution in [3.63, 3.8) is 0 Å². The first-order valence-electron chi connectivity index (χ1n) is 6.09. The fraction of sp³-hybridized carbons (Fsp3) is 0. The molecule has 0 saturated heterocycles. The molecule has 3 nitrogen and oxygen atoms in total. The summed E-state index contributed by atoms with van der Waals surface area (Å²) in [4.78, 5) is 12.1. The maximum Gasteiger partial charge on any atom is 0.305 e. The van der Waals surface area contributed by atoms with Gasteiger partial charge in [0.05, 0.1) is 0 Å². The van der Waals surface area contributed by atoms with Gasteiger partial charge in [0.1, 0.15) is 0 Å². The van der Waals surface area contributed by atoms with Gasteiger partial charge in [0.2, 0.25) is 0 Å². The van der Waals surface area contributed by atoms with Crippen molar-refractivity contribution in [2.75, 3.05) is 5.43 Å². The van der Waals surface area contributed by atoms with Crippen LogP contribution in [0.2, 0.25) is 0 Å². The van der Waals surface area contributed by atoms with Gasteiger partial charge < -0.3 is 0 Å². The van der Waals surface area contributed by atoms with Crippen LogP contribution in [0.4, 0.5) is 0 Å². The van der Waals surface area contributed by atoms with E-state index >= 15 is 0 Å². The van der Waals surface area contributed by atoms with Crippen LogP contribution < -0.4 is 10.1 Å². The smallest absolute Gasteiger partial charge is 0.264 e. The highest BCUT2D eigenvalue weighted by atomic mass is 16.2. The molecule has 1 aromatic heterocycles. The van der Waals surface area contributed by atoms with E-state index in [0.717, 1.165) is 10.8 Å². The number of hydrogen-bond acceptors (Lipinski definition) is 1. The Morgan fingerprint density at radius 1 is 0.842 bits per heavy atom. The van der Waals surface area contributed by atoms with Gasteiger partial charge in [0, 0.05) is 17.7 Å². The molecule has 3 rings (SSSR count). The first-order chi connectivity index (χ1) is 9.33. The second-order valence-corrected chi connectivity index (χ2v) is 4.29. The van der Waals surface area contributed by atoms with Gasteiger partial charge in [-0.25, -0.2) is 0 Å². The zero-order chi connectivity index (χ0) is 13.1. The fourth-order valence-corrected chi connectivity index (χ4v) is 1.99. The minimum atomic E-state index is -0.123. The summed E-state index contributed by atoms with van der Waals surface area (Å²) in [5.41, 5.74) is 3.45. The van der Waals surface area contributed by atoms with E-state index in [9.17, 15) is 4.79 Å². The van der Waals surface area contributed by atoms with E-state index in [1.807, 2.05) is 60.7 Å². The quantitative estimate of drug-likeness (QED) is 0.695. The third-order valence-corrected chi connectivity index (χ3v) is 2.96. The van der Waals surface area contributed by atoms with Crippen molar-refractivity contribution in [2.45, 2.75) is 0 Å². The molecule has 0 aliphatic carbocycles. The Labute approximate surface area is 111 Å². The molecule has 2 aromatic carbocycles. The number of pyridine rings is 1. The Balaban J connectivity index is 1.89. The van der Waals surface area contributed by atoms with Gasteiger partial charge in [-0.15, -0.1) is 5.43 Å². The summed E-state index contributed by atoms with van der Waals surface area (Å²) >= 11 is 0. The highest BCUT2D eigenvalue weighted by molar-refractivity contribution is 6.02. The molecule has 92 valence electrons. The van der Waals surface area contributed by atoms with Crippen LogP contribution in [0.3, 0.4) is 0 Å². The summed E-state index contributed by atoms with van der Waals surface area (Å²) in [6.45, 7) is 0. The first kappa shape index (κ1) is 11.4. The largest absolute Gasteiger partial charge is 0.305 e. The van der Waals surface area contributed by atoms with E-state index in [1.54, 1.807) is 17.1 Å². The Kier molecular flexibility index (Phi) is 2.94. The third-order valence-electron chi connectivity index (χ3n) is 2.96. The van der Waals surface area contributed by atoms with Crippen molar-refractivity contribution < 1.29 is 9.47 Å². The molecule has 3 heteroatoms. The molecule has 0 radical (unpaired) electrons. The van der Waals surface area contributed by atoms with Crippen LogP contribution in [0.1, 0.15) is 10.4 Å². The Morgan fingerprint density at radius 2 is 1.58 bits per heavy atom. The molecule has 0 bridgehead atoms. The minimum absolute atomic E-state index is 0.123. The lowest BCUT2D eigenvalue weighted by Gasteiger charge is -2.02. The molecule has 0 atom stereocenters. The van der Waals surface area contributed by atoms with Crippen LogP contribution in [-0.2, 0) is 0 Å². The standard InChI is InChI=1S/C16H12N2O/c19-16(17-18-10-4-1-5-11-18)15-9-8-13-6-2-3-7-14(13)12-15/h1-12H/p+1. The highest BCUT2D eigenvalue weighted by Crippen LogP contribution is 2.15. The number of nitrogens with zero attached hydrogens (tertiary/aromatic N) is 1. The maximum atomic E-state index is 12.1. The monoisotopic (exact) mass is 249 g/mol. The summed E-state index contributed by atoms with van der Waals surface area (Å²) in [7, 11) is 0. The van der Waals surface area contributed by atoms with Crippen LogP contribution in [0.15, 0.2) is 73.1 Å². The van der Waals surface area contributed by atoms with Gasteiger partial charge in [-0.2, -0.15) is 0 Å². The molecule has 0 fully saturated rings. The fourth-order valence-electron chi connectivity index (χ4n) is 1.99. The zero-order valence-electron chi connectivity index (χ0n) is 10.3. The van der Waals surface area contributed by atoms with E-state index in [-0.39, 0.29) is 5.91 Å². The normalized spacial score (nSPS) is 10.3. The molecule has 0 aliphatic heterocycles. The number of benzene rings is 2. The topological polar surface area (TPSA) is 33.0 Å². The van der Waals surface area contributed by atoms with Crippen molar-refractivity contribution >= 4 is 16.7 Å². The molecule has 0 spiro atoms. The van der Waals surface area contributed by atoms with Gasteiger partial charge in [-0.1, -0.05) is 41.1 Å². The van der Waals surface area contributed by atoms with Crippen LogP contribution in [-0.4, -0.2) is 5.91 Å². The zero-order valence-corrected chi connectivity index (χ0v) is 10.3. The van der Waals surface area contributed by atoms with Crippen molar-refractivity contribution in [1.29, 1.82) is 0 Å². The van der Waals surface area contributed by atoms with Gasteiger partial charge in [-0.05, 0) is 22.9 Å². The lowest BCUT2D eigenvalue weighted by atomic mass is 10.1. The van der Waals surface area contributed by atoms with Crippen molar-refractivity contribution in [3.8, 4) is 0 Å².